The number of ketones is 1. The summed E-state index contributed by atoms with van der Waals surface area (Å²) < 4.78 is 5.48. The molecule has 0 aromatic rings. The summed E-state index contributed by atoms with van der Waals surface area (Å²) in [5.74, 6) is 0.126. The summed E-state index contributed by atoms with van der Waals surface area (Å²) in [6.07, 6.45) is 5.22. The molecule has 0 spiro atoms. The van der Waals surface area contributed by atoms with E-state index >= 15 is 0 Å². The lowest BCUT2D eigenvalue weighted by Gasteiger charge is -2.24. The van der Waals surface area contributed by atoms with Crippen LogP contribution in [0.15, 0.2) is 12.2 Å². The smallest absolute Gasteiger partial charge is 0.152 e. The topological polar surface area (TPSA) is 29.5 Å². The number of likely N-dealkylation sites (tertiary alicyclic amines) is 1. The molecule has 0 amide bonds. The molecule has 0 radical (unpaired) electrons. The molecule has 3 heteroatoms. The third-order valence-corrected chi connectivity index (χ3v) is 2.71. The number of carbonyl (C=O) groups excluding carboxylic acids is 1. The minimum absolute atomic E-state index is 0.126. The molecule has 3 nitrogen and oxygen atoms in total. The Kier molecular flexibility index (Phi) is 4.99. The molecule has 2 heterocycles. The number of rotatable bonds is 3. The van der Waals surface area contributed by atoms with Gasteiger partial charge in [0.2, 0.25) is 0 Å². The Bertz CT molecular complexity index is 238. The van der Waals surface area contributed by atoms with E-state index in [-0.39, 0.29) is 5.78 Å². The maximum absolute atomic E-state index is 10.6. The molecule has 86 valence electrons. The van der Waals surface area contributed by atoms with E-state index in [9.17, 15) is 4.79 Å². The van der Waals surface area contributed by atoms with E-state index in [1.54, 1.807) is 13.0 Å². The number of morpholine rings is 1. The molecule has 2 aliphatic heterocycles. The molecule has 2 bridgehead atoms. The van der Waals surface area contributed by atoms with Gasteiger partial charge in [-0.15, -0.1) is 0 Å². The lowest BCUT2D eigenvalue weighted by Crippen LogP contribution is -2.36. The molecule has 15 heavy (non-hydrogen) atoms. The third-order valence-electron chi connectivity index (χ3n) is 2.71. The summed E-state index contributed by atoms with van der Waals surface area (Å²) >= 11 is 0. The van der Waals surface area contributed by atoms with Gasteiger partial charge in [0.1, 0.15) is 0 Å². The minimum atomic E-state index is 0.126. The molecule has 0 aromatic carbocycles. The van der Waals surface area contributed by atoms with E-state index in [4.69, 9.17) is 4.74 Å². The maximum Gasteiger partial charge on any atom is 0.152 e. The van der Waals surface area contributed by atoms with E-state index in [1.165, 1.54) is 6.42 Å². The van der Waals surface area contributed by atoms with Crippen LogP contribution in [0.2, 0.25) is 0 Å². The molecule has 0 unspecified atom stereocenters. The Morgan fingerprint density at radius 3 is 2.73 bits per heavy atom. The molecule has 0 aliphatic carbocycles. The van der Waals surface area contributed by atoms with Gasteiger partial charge in [-0.25, -0.2) is 0 Å². The highest BCUT2D eigenvalue weighted by molar-refractivity contribution is 5.87. The van der Waals surface area contributed by atoms with Crippen molar-refractivity contribution in [3.8, 4) is 0 Å². The first-order chi connectivity index (χ1) is 7.25. The fourth-order valence-electron chi connectivity index (χ4n) is 2.06. The van der Waals surface area contributed by atoms with Crippen molar-refractivity contribution in [2.45, 2.75) is 39.3 Å². The number of hydrogen-bond acceptors (Lipinski definition) is 3. The van der Waals surface area contributed by atoms with E-state index in [0.29, 0.717) is 12.1 Å². The normalized spacial score (nSPS) is 29.3. The number of fused-ring (bicyclic) bond motifs is 2. The molecule has 2 fully saturated rings. The summed E-state index contributed by atoms with van der Waals surface area (Å²) in [6.45, 7) is 8.38. The second kappa shape index (κ2) is 6.03. The van der Waals surface area contributed by atoms with E-state index in [0.717, 1.165) is 19.7 Å². The van der Waals surface area contributed by atoms with Crippen molar-refractivity contribution < 1.29 is 9.53 Å². The SMILES string of the molecule is CC.CC(=O)/C=C/CN1C[C@H]2C[C@@H]1CO2. The van der Waals surface area contributed by atoms with Gasteiger partial charge in [-0.05, 0) is 19.4 Å². The van der Waals surface area contributed by atoms with Crippen LogP contribution in [-0.2, 0) is 9.53 Å². The van der Waals surface area contributed by atoms with Gasteiger partial charge in [0, 0.05) is 19.1 Å². The number of carbonyl (C=O) groups is 1. The van der Waals surface area contributed by atoms with Crippen molar-refractivity contribution in [2.24, 2.45) is 0 Å². The number of nitrogens with zero attached hydrogens (tertiary/aromatic N) is 1. The third kappa shape index (κ3) is 3.43. The first-order valence-corrected chi connectivity index (χ1v) is 5.78. The molecule has 0 N–H and O–H groups in total. The fourth-order valence-corrected chi connectivity index (χ4v) is 2.06. The van der Waals surface area contributed by atoms with Gasteiger partial charge in [0.05, 0.1) is 12.7 Å². The van der Waals surface area contributed by atoms with Crippen LogP contribution in [-0.4, -0.2) is 42.5 Å². The average Bonchev–Trinajstić information content (AvgIpc) is 2.82. The Hall–Kier alpha value is -0.670. The molecule has 0 aromatic heterocycles. The van der Waals surface area contributed by atoms with Crippen molar-refractivity contribution in [3.05, 3.63) is 12.2 Å². The zero-order valence-corrected chi connectivity index (χ0v) is 9.90. The highest BCUT2D eigenvalue weighted by atomic mass is 16.5. The lowest BCUT2D eigenvalue weighted by molar-refractivity contribution is -0.112. The zero-order chi connectivity index (χ0) is 11.3. The van der Waals surface area contributed by atoms with Crippen LogP contribution >= 0.6 is 0 Å². The van der Waals surface area contributed by atoms with Gasteiger partial charge >= 0.3 is 0 Å². The van der Waals surface area contributed by atoms with Gasteiger partial charge in [0.15, 0.2) is 5.78 Å². The lowest BCUT2D eigenvalue weighted by atomic mass is 10.2. The van der Waals surface area contributed by atoms with Crippen LogP contribution in [0.3, 0.4) is 0 Å². The number of ether oxygens (including phenoxy) is 1. The monoisotopic (exact) mass is 211 g/mol. The Morgan fingerprint density at radius 1 is 1.53 bits per heavy atom. The second-order valence-electron chi connectivity index (χ2n) is 3.81. The van der Waals surface area contributed by atoms with Crippen LogP contribution < -0.4 is 0 Å². The van der Waals surface area contributed by atoms with E-state index < -0.39 is 0 Å². The highest BCUT2D eigenvalue weighted by Gasteiger charge is 2.37. The van der Waals surface area contributed by atoms with Gasteiger partial charge in [-0.3, -0.25) is 9.69 Å². The number of hydrogen-bond donors (Lipinski definition) is 0. The molecule has 2 saturated heterocycles. The van der Waals surface area contributed by atoms with Crippen molar-refractivity contribution in [1.82, 2.24) is 4.90 Å². The number of allylic oxidation sites excluding steroid dienone is 1. The van der Waals surface area contributed by atoms with Gasteiger partial charge < -0.3 is 4.74 Å². The molecule has 2 rings (SSSR count). The van der Waals surface area contributed by atoms with E-state index in [1.807, 2.05) is 19.9 Å². The molecule has 2 aliphatic rings. The average molecular weight is 211 g/mol. The minimum Gasteiger partial charge on any atom is -0.375 e. The quantitative estimate of drug-likeness (QED) is 0.664. The Morgan fingerprint density at radius 2 is 2.27 bits per heavy atom. The summed E-state index contributed by atoms with van der Waals surface area (Å²) in [6, 6.07) is 0.599. The predicted octanol–water partition coefficient (Wildman–Crippen LogP) is 1.63. The van der Waals surface area contributed by atoms with Crippen molar-refractivity contribution >= 4 is 5.78 Å². The summed E-state index contributed by atoms with van der Waals surface area (Å²) in [4.78, 5) is 13.0. The summed E-state index contributed by atoms with van der Waals surface area (Å²) in [7, 11) is 0. The van der Waals surface area contributed by atoms with Gasteiger partial charge in [-0.1, -0.05) is 19.9 Å². The Labute approximate surface area is 92.1 Å². The zero-order valence-electron chi connectivity index (χ0n) is 9.90. The summed E-state index contributed by atoms with van der Waals surface area (Å²) in [5, 5.41) is 0. The first-order valence-electron chi connectivity index (χ1n) is 5.78. The largest absolute Gasteiger partial charge is 0.375 e. The molecule has 2 atom stereocenters. The van der Waals surface area contributed by atoms with Crippen LogP contribution in [0.25, 0.3) is 0 Å². The van der Waals surface area contributed by atoms with Gasteiger partial charge in [0.25, 0.3) is 0 Å². The molecule has 0 saturated carbocycles. The summed E-state index contributed by atoms with van der Waals surface area (Å²) in [5.41, 5.74) is 0. The first kappa shape index (κ1) is 12.4. The van der Waals surface area contributed by atoms with Crippen molar-refractivity contribution in [2.75, 3.05) is 19.7 Å². The Balaban J connectivity index is 0.000000531. The fraction of sp³-hybridized carbons (Fsp3) is 0.750. The molecular formula is C12H21NO2. The van der Waals surface area contributed by atoms with Crippen molar-refractivity contribution in [1.29, 1.82) is 0 Å². The van der Waals surface area contributed by atoms with Crippen LogP contribution in [0.5, 0.6) is 0 Å². The van der Waals surface area contributed by atoms with Crippen LogP contribution in [0.1, 0.15) is 27.2 Å². The standard InChI is InChI=1S/C10H15NO2.C2H6/c1-8(12)3-2-4-11-6-10-5-9(11)7-13-10;1-2/h2-3,9-10H,4-7H2,1H3;1-2H3/b3-2+;/t9-,10-;/m1./s1. The predicted molar refractivity (Wildman–Crippen MR) is 60.9 cm³/mol. The van der Waals surface area contributed by atoms with Crippen molar-refractivity contribution in [3.63, 3.8) is 0 Å². The molecular weight excluding hydrogens is 190 g/mol. The second-order valence-corrected chi connectivity index (χ2v) is 3.81. The highest BCUT2D eigenvalue weighted by Crippen LogP contribution is 2.27. The van der Waals surface area contributed by atoms with Crippen LogP contribution in [0, 0.1) is 0 Å². The van der Waals surface area contributed by atoms with E-state index in [2.05, 4.69) is 4.90 Å². The van der Waals surface area contributed by atoms with Gasteiger partial charge in [-0.2, -0.15) is 0 Å². The maximum atomic E-state index is 10.6. The van der Waals surface area contributed by atoms with Crippen LogP contribution in [0.4, 0.5) is 0 Å².